The third kappa shape index (κ3) is 7.14. The molecule has 3 heterocycles. The zero-order valence-corrected chi connectivity index (χ0v) is 19.7. The molecular weight excluding hydrogens is 414 g/mol. The van der Waals surface area contributed by atoms with Gasteiger partial charge >= 0.3 is 0 Å². The van der Waals surface area contributed by atoms with Crippen molar-refractivity contribution in [3.63, 3.8) is 0 Å². The Balaban J connectivity index is 1.20. The highest BCUT2D eigenvalue weighted by atomic mass is 16.5. The molecule has 0 radical (unpaired) electrons. The number of hydrogen-bond donors (Lipinski definition) is 0. The van der Waals surface area contributed by atoms with Gasteiger partial charge in [0.25, 0.3) is 0 Å². The summed E-state index contributed by atoms with van der Waals surface area (Å²) in [6, 6.07) is 11.7. The van der Waals surface area contributed by atoms with Crippen molar-refractivity contribution >= 4 is 12.0 Å². The molecule has 2 aliphatic heterocycles. The molecular formula is C27H35N3O3. The number of morpholine rings is 1. The number of likely N-dealkylation sites (tertiary alicyclic amines) is 1. The van der Waals surface area contributed by atoms with Crippen molar-refractivity contribution in [2.24, 2.45) is 5.92 Å². The van der Waals surface area contributed by atoms with Gasteiger partial charge in [0.05, 0.1) is 12.2 Å². The third-order valence-corrected chi connectivity index (χ3v) is 6.36. The van der Waals surface area contributed by atoms with Gasteiger partial charge in [-0.2, -0.15) is 0 Å². The second kappa shape index (κ2) is 11.4. The van der Waals surface area contributed by atoms with Crippen molar-refractivity contribution in [3.05, 3.63) is 66.0 Å². The van der Waals surface area contributed by atoms with E-state index in [-0.39, 0.29) is 5.91 Å². The minimum atomic E-state index is 0.0963. The van der Waals surface area contributed by atoms with Crippen LogP contribution in [-0.4, -0.2) is 65.6 Å². The fourth-order valence-electron chi connectivity index (χ4n) is 4.73. The summed E-state index contributed by atoms with van der Waals surface area (Å²) in [6.07, 6.45) is 9.89. The summed E-state index contributed by atoms with van der Waals surface area (Å²) in [7, 11) is 0. The molecule has 33 heavy (non-hydrogen) atoms. The molecule has 6 nitrogen and oxygen atoms in total. The Morgan fingerprint density at radius 3 is 2.52 bits per heavy atom. The molecule has 0 spiro atoms. The quantitative estimate of drug-likeness (QED) is 0.598. The summed E-state index contributed by atoms with van der Waals surface area (Å²) in [4.78, 5) is 21.3. The lowest BCUT2D eigenvalue weighted by Crippen LogP contribution is -2.48. The lowest BCUT2D eigenvalue weighted by molar-refractivity contribution is -0.127. The standard InChI is InChI=1S/C27H35N3O3/c1-21-17-29(18-22(2)33-21)19-24-11-14-30(15-12-24)27(31)10-7-23-5-8-26(9-6-23)32-20-25-4-3-13-28-16-25/h3-10,13,16,21-22,24H,11-12,14-15,17-20H2,1-2H3/b10-7+. The number of carbonyl (C=O) groups is 1. The molecule has 0 N–H and O–H groups in total. The van der Waals surface area contributed by atoms with Crippen molar-refractivity contribution in [1.29, 1.82) is 0 Å². The number of amides is 1. The Bertz CT molecular complexity index is 898. The van der Waals surface area contributed by atoms with Gasteiger partial charge in [-0.05, 0) is 62.4 Å². The van der Waals surface area contributed by atoms with Crippen LogP contribution in [0.5, 0.6) is 5.75 Å². The monoisotopic (exact) mass is 449 g/mol. The Morgan fingerprint density at radius 1 is 1.12 bits per heavy atom. The number of piperidine rings is 1. The number of carbonyl (C=O) groups excluding carboxylic acids is 1. The van der Waals surface area contributed by atoms with Crippen LogP contribution in [0.1, 0.15) is 37.8 Å². The van der Waals surface area contributed by atoms with E-state index >= 15 is 0 Å². The molecule has 2 unspecified atom stereocenters. The number of benzene rings is 1. The fraction of sp³-hybridized carbons (Fsp3) is 0.481. The molecule has 1 aromatic carbocycles. The Morgan fingerprint density at radius 2 is 1.85 bits per heavy atom. The first-order valence-corrected chi connectivity index (χ1v) is 12.0. The Kier molecular flexibility index (Phi) is 8.13. The van der Waals surface area contributed by atoms with E-state index in [9.17, 15) is 4.79 Å². The third-order valence-electron chi connectivity index (χ3n) is 6.36. The van der Waals surface area contributed by atoms with Crippen molar-refractivity contribution < 1.29 is 14.3 Å². The molecule has 2 saturated heterocycles. The van der Waals surface area contributed by atoms with Gasteiger partial charge in [0.15, 0.2) is 0 Å². The summed E-state index contributed by atoms with van der Waals surface area (Å²) in [5.41, 5.74) is 2.02. The van der Waals surface area contributed by atoms with Crippen LogP contribution in [0.25, 0.3) is 6.08 Å². The first-order chi connectivity index (χ1) is 16.0. The van der Waals surface area contributed by atoms with Crippen LogP contribution in [0.4, 0.5) is 0 Å². The summed E-state index contributed by atoms with van der Waals surface area (Å²) >= 11 is 0. The number of rotatable bonds is 7. The smallest absolute Gasteiger partial charge is 0.246 e. The molecule has 2 atom stereocenters. The van der Waals surface area contributed by atoms with E-state index in [1.54, 1.807) is 18.5 Å². The largest absolute Gasteiger partial charge is 0.489 e. The van der Waals surface area contributed by atoms with E-state index in [0.29, 0.717) is 24.7 Å². The molecule has 0 aliphatic carbocycles. The lowest BCUT2D eigenvalue weighted by Gasteiger charge is -2.39. The normalized spacial score (nSPS) is 22.5. The predicted octanol–water partition coefficient (Wildman–Crippen LogP) is 4.02. The van der Waals surface area contributed by atoms with Crippen molar-refractivity contribution in [1.82, 2.24) is 14.8 Å². The molecule has 2 aliphatic rings. The summed E-state index contributed by atoms with van der Waals surface area (Å²) in [5.74, 6) is 1.56. The van der Waals surface area contributed by atoms with E-state index in [1.165, 1.54) is 0 Å². The average molecular weight is 450 g/mol. The van der Waals surface area contributed by atoms with Gasteiger partial charge in [-0.15, -0.1) is 0 Å². The maximum Gasteiger partial charge on any atom is 0.246 e. The molecule has 176 valence electrons. The number of pyridine rings is 1. The van der Waals surface area contributed by atoms with E-state index in [4.69, 9.17) is 9.47 Å². The van der Waals surface area contributed by atoms with Crippen LogP contribution in [0.3, 0.4) is 0 Å². The maximum atomic E-state index is 12.7. The van der Waals surface area contributed by atoms with Gasteiger partial charge in [-0.3, -0.25) is 14.7 Å². The molecule has 1 amide bonds. The average Bonchev–Trinajstić information content (AvgIpc) is 2.82. The van der Waals surface area contributed by atoms with Gasteiger partial charge in [0.1, 0.15) is 12.4 Å². The van der Waals surface area contributed by atoms with Crippen LogP contribution in [0.2, 0.25) is 0 Å². The molecule has 6 heteroatoms. The van der Waals surface area contributed by atoms with Gasteiger partial charge in [0.2, 0.25) is 5.91 Å². The van der Waals surface area contributed by atoms with Crippen LogP contribution >= 0.6 is 0 Å². The zero-order valence-electron chi connectivity index (χ0n) is 19.7. The van der Waals surface area contributed by atoms with Crippen molar-refractivity contribution in [2.75, 3.05) is 32.7 Å². The molecule has 0 bridgehead atoms. The van der Waals surface area contributed by atoms with Gasteiger partial charge in [-0.25, -0.2) is 0 Å². The highest BCUT2D eigenvalue weighted by Gasteiger charge is 2.27. The van der Waals surface area contributed by atoms with Gasteiger partial charge in [0, 0.05) is 56.8 Å². The van der Waals surface area contributed by atoms with E-state index in [1.807, 2.05) is 47.4 Å². The van der Waals surface area contributed by atoms with Gasteiger partial charge < -0.3 is 14.4 Å². The van der Waals surface area contributed by atoms with E-state index < -0.39 is 0 Å². The number of aromatic nitrogens is 1. The number of hydrogen-bond acceptors (Lipinski definition) is 5. The SMILES string of the molecule is CC1CN(CC2CCN(C(=O)/C=C/c3ccc(OCc4cccnc4)cc3)CC2)CC(C)O1. The second-order valence-corrected chi connectivity index (χ2v) is 9.30. The van der Waals surface area contributed by atoms with Crippen LogP contribution in [0, 0.1) is 5.92 Å². The minimum Gasteiger partial charge on any atom is -0.489 e. The van der Waals surface area contributed by atoms with Crippen molar-refractivity contribution in [2.45, 2.75) is 45.5 Å². The highest BCUT2D eigenvalue weighted by Crippen LogP contribution is 2.21. The summed E-state index contributed by atoms with van der Waals surface area (Å²) < 4.78 is 11.6. The molecule has 4 rings (SSSR count). The molecule has 2 fully saturated rings. The van der Waals surface area contributed by atoms with E-state index in [0.717, 1.165) is 62.4 Å². The molecule has 0 saturated carbocycles. The predicted molar refractivity (Wildman–Crippen MR) is 130 cm³/mol. The minimum absolute atomic E-state index is 0.0963. The van der Waals surface area contributed by atoms with Crippen molar-refractivity contribution in [3.8, 4) is 5.75 Å². The Hall–Kier alpha value is -2.70. The van der Waals surface area contributed by atoms with Crippen LogP contribution in [0.15, 0.2) is 54.9 Å². The first kappa shape index (κ1) is 23.5. The number of ether oxygens (including phenoxy) is 2. The highest BCUT2D eigenvalue weighted by molar-refractivity contribution is 5.91. The first-order valence-electron chi connectivity index (χ1n) is 12.0. The van der Waals surface area contributed by atoms with Crippen LogP contribution in [-0.2, 0) is 16.1 Å². The second-order valence-electron chi connectivity index (χ2n) is 9.30. The molecule has 2 aromatic rings. The maximum absolute atomic E-state index is 12.7. The van der Waals surface area contributed by atoms with Crippen LogP contribution < -0.4 is 4.74 Å². The summed E-state index contributed by atoms with van der Waals surface area (Å²) in [5, 5.41) is 0. The Labute approximate surface area is 197 Å². The topological polar surface area (TPSA) is 54.9 Å². The lowest BCUT2D eigenvalue weighted by atomic mass is 9.95. The molecule has 1 aromatic heterocycles. The van der Waals surface area contributed by atoms with E-state index in [2.05, 4.69) is 23.7 Å². The fourth-order valence-corrected chi connectivity index (χ4v) is 4.73. The summed E-state index contributed by atoms with van der Waals surface area (Å²) in [6.45, 7) is 9.61. The zero-order chi connectivity index (χ0) is 23.0. The number of nitrogens with zero attached hydrogens (tertiary/aromatic N) is 3. The van der Waals surface area contributed by atoms with Gasteiger partial charge in [-0.1, -0.05) is 18.2 Å².